The molecule has 0 amide bonds. The maximum absolute atomic E-state index is 9.56. The average molecular weight is 304 g/mol. The number of benzene rings is 1. The predicted molar refractivity (Wildman–Crippen MR) is 69.9 cm³/mol. The van der Waals surface area contributed by atoms with Crippen molar-refractivity contribution in [3.8, 4) is 11.5 Å². The fraction of sp³-hybridized carbons (Fsp3) is 0.111. The lowest BCUT2D eigenvalue weighted by molar-refractivity contribution is 0.372. The first-order valence-electron chi connectivity index (χ1n) is 4.19. The van der Waals surface area contributed by atoms with Crippen molar-refractivity contribution in [1.82, 2.24) is 5.43 Å². The van der Waals surface area contributed by atoms with Crippen molar-refractivity contribution in [1.29, 1.82) is 0 Å². The molecule has 0 aliphatic heterocycles. The molecule has 86 valence electrons. The Hall–Kier alpha value is -1.34. The second kappa shape index (κ2) is 5.66. The Bertz CT molecular complexity index is 437. The van der Waals surface area contributed by atoms with Crippen molar-refractivity contribution in [2.75, 3.05) is 7.11 Å². The van der Waals surface area contributed by atoms with Crippen LogP contribution in [0.4, 0.5) is 0 Å². The summed E-state index contributed by atoms with van der Waals surface area (Å²) >= 11 is 7.78. The van der Waals surface area contributed by atoms with Crippen molar-refractivity contribution in [3.05, 3.63) is 22.2 Å². The molecule has 1 aromatic rings. The van der Waals surface area contributed by atoms with Gasteiger partial charge < -0.3 is 15.6 Å². The first-order chi connectivity index (χ1) is 7.54. The Morgan fingerprint density at radius 2 is 2.38 bits per heavy atom. The van der Waals surface area contributed by atoms with Crippen LogP contribution < -0.4 is 15.9 Å². The van der Waals surface area contributed by atoms with E-state index in [9.17, 15) is 5.11 Å². The minimum Gasteiger partial charge on any atom is -0.503 e. The van der Waals surface area contributed by atoms with Crippen LogP contribution >= 0.6 is 28.1 Å². The number of rotatable bonds is 3. The van der Waals surface area contributed by atoms with Crippen molar-refractivity contribution in [2.45, 2.75) is 0 Å². The van der Waals surface area contributed by atoms with Crippen molar-refractivity contribution in [2.24, 2.45) is 10.8 Å². The van der Waals surface area contributed by atoms with Gasteiger partial charge in [0.15, 0.2) is 16.6 Å². The van der Waals surface area contributed by atoms with Crippen molar-refractivity contribution >= 4 is 39.5 Å². The predicted octanol–water partition coefficient (Wildman–Crippen LogP) is 1.33. The van der Waals surface area contributed by atoms with Crippen LogP contribution in [0, 0.1) is 0 Å². The lowest BCUT2D eigenvalue weighted by Crippen LogP contribution is -2.23. The number of hydrogen-bond acceptors (Lipinski definition) is 4. The molecular weight excluding hydrogens is 294 g/mol. The summed E-state index contributed by atoms with van der Waals surface area (Å²) in [4.78, 5) is 0. The van der Waals surface area contributed by atoms with Crippen LogP contribution in [0.2, 0.25) is 0 Å². The highest BCUT2D eigenvalue weighted by Gasteiger charge is 2.07. The molecule has 1 aromatic carbocycles. The molecule has 0 radical (unpaired) electrons. The smallest absolute Gasteiger partial charge is 0.184 e. The van der Waals surface area contributed by atoms with Crippen LogP contribution in [0.1, 0.15) is 5.56 Å². The molecule has 16 heavy (non-hydrogen) atoms. The van der Waals surface area contributed by atoms with Crippen LogP contribution in [0.15, 0.2) is 21.7 Å². The number of ether oxygens (including phenoxy) is 1. The number of phenols is 1. The molecule has 0 atom stereocenters. The molecule has 1 rings (SSSR count). The summed E-state index contributed by atoms with van der Waals surface area (Å²) in [6.45, 7) is 0. The number of hydrazone groups is 1. The SMILES string of the molecule is COc1cc(/C=N/NC(N)=S)cc(Br)c1O. The summed E-state index contributed by atoms with van der Waals surface area (Å²) in [6, 6.07) is 3.31. The molecule has 0 saturated carbocycles. The molecule has 0 saturated heterocycles. The summed E-state index contributed by atoms with van der Waals surface area (Å²) in [6.07, 6.45) is 1.51. The molecule has 5 nitrogen and oxygen atoms in total. The largest absolute Gasteiger partial charge is 0.503 e. The molecule has 7 heteroatoms. The highest BCUT2D eigenvalue weighted by atomic mass is 79.9. The van der Waals surface area contributed by atoms with Crippen LogP contribution in [-0.4, -0.2) is 23.5 Å². The number of methoxy groups -OCH3 is 1. The number of aromatic hydroxyl groups is 1. The van der Waals surface area contributed by atoms with Crippen LogP contribution in [0.5, 0.6) is 11.5 Å². The van der Waals surface area contributed by atoms with Crippen molar-refractivity contribution < 1.29 is 9.84 Å². The third-order valence-electron chi connectivity index (χ3n) is 1.66. The molecule has 0 aromatic heterocycles. The Balaban J connectivity index is 2.93. The molecule has 0 unspecified atom stereocenters. The maximum Gasteiger partial charge on any atom is 0.184 e. The molecular formula is C9H10BrN3O2S. The Morgan fingerprint density at radius 1 is 1.69 bits per heavy atom. The molecule has 0 aliphatic rings. The van der Waals surface area contributed by atoms with Gasteiger partial charge in [0.1, 0.15) is 0 Å². The zero-order valence-electron chi connectivity index (χ0n) is 8.40. The summed E-state index contributed by atoms with van der Waals surface area (Å²) in [5.41, 5.74) is 8.35. The van der Waals surface area contributed by atoms with Crippen LogP contribution in [0.3, 0.4) is 0 Å². The van der Waals surface area contributed by atoms with Crippen LogP contribution in [-0.2, 0) is 0 Å². The first-order valence-corrected chi connectivity index (χ1v) is 5.39. The average Bonchev–Trinajstić information content (AvgIpc) is 2.22. The van der Waals surface area contributed by atoms with E-state index in [1.165, 1.54) is 13.3 Å². The van der Waals surface area contributed by atoms with E-state index in [2.05, 4.69) is 38.7 Å². The Labute approximate surface area is 106 Å². The Morgan fingerprint density at radius 3 is 2.94 bits per heavy atom. The maximum atomic E-state index is 9.56. The molecule has 0 bridgehead atoms. The van der Waals surface area contributed by atoms with Gasteiger partial charge in [0.05, 0.1) is 17.8 Å². The molecule has 0 heterocycles. The number of nitrogens with zero attached hydrogens (tertiary/aromatic N) is 1. The van der Waals surface area contributed by atoms with Gasteiger partial charge in [-0.3, -0.25) is 5.43 Å². The second-order valence-corrected chi connectivity index (χ2v) is 4.08. The quantitative estimate of drug-likeness (QED) is 0.446. The van der Waals surface area contributed by atoms with Gasteiger partial charge in [0, 0.05) is 0 Å². The third kappa shape index (κ3) is 3.35. The van der Waals surface area contributed by atoms with Gasteiger partial charge in [0.25, 0.3) is 0 Å². The summed E-state index contributed by atoms with van der Waals surface area (Å²) in [5, 5.41) is 13.4. The van der Waals surface area contributed by atoms with E-state index in [0.29, 0.717) is 10.2 Å². The van der Waals surface area contributed by atoms with E-state index in [0.717, 1.165) is 5.56 Å². The highest BCUT2D eigenvalue weighted by Crippen LogP contribution is 2.34. The van der Waals surface area contributed by atoms with E-state index in [-0.39, 0.29) is 10.9 Å². The number of thiocarbonyl (C=S) groups is 1. The van der Waals surface area contributed by atoms with E-state index in [1.807, 2.05) is 0 Å². The highest BCUT2D eigenvalue weighted by molar-refractivity contribution is 9.10. The fourth-order valence-corrected chi connectivity index (χ4v) is 1.51. The molecule has 0 spiro atoms. The number of halogens is 1. The fourth-order valence-electron chi connectivity index (χ4n) is 0.994. The zero-order chi connectivity index (χ0) is 12.1. The first kappa shape index (κ1) is 12.7. The van der Waals surface area contributed by atoms with E-state index in [4.69, 9.17) is 10.5 Å². The minimum absolute atomic E-state index is 0.0435. The van der Waals surface area contributed by atoms with Gasteiger partial charge in [0.2, 0.25) is 0 Å². The van der Waals surface area contributed by atoms with Gasteiger partial charge in [-0.25, -0.2) is 0 Å². The third-order valence-corrected chi connectivity index (χ3v) is 2.35. The summed E-state index contributed by atoms with van der Waals surface area (Å²) in [7, 11) is 1.47. The lowest BCUT2D eigenvalue weighted by atomic mass is 10.2. The number of hydrogen-bond donors (Lipinski definition) is 3. The van der Waals surface area contributed by atoms with Crippen LogP contribution in [0.25, 0.3) is 0 Å². The van der Waals surface area contributed by atoms with Gasteiger partial charge in [-0.1, -0.05) is 0 Å². The van der Waals surface area contributed by atoms with Gasteiger partial charge in [-0.05, 0) is 45.8 Å². The number of phenolic OH excluding ortho intramolecular Hbond substituents is 1. The second-order valence-electron chi connectivity index (χ2n) is 2.79. The summed E-state index contributed by atoms with van der Waals surface area (Å²) in [5.74, 6) is 0.396. The minimum atomic E-state index is 0.0435. The van der Waals surface area contributed by atoms with Gasteiger partial charge >= 0.3 is 0 Å². The standard InChI is InChI=1S/C9H10BrN3O2S/c1-15-7-3-5(2-6(10)8(7)14)4-12-13-9(11)16/h2-4,14H,1H3,(H3,11,13,16)/b12-4+. The Kier molecular flexibility index (Phi) is 4.51. The van der Waals surface area contributed by atoms with Gasteiger partial charge in [-0.2, -0.15) is 5.10 Å². The zero-order valence-corrected chi connectivity index (χ0v) is 10.8. The number of nitrogens with two attached hydrogens (primary N) is 1. The number of nitrogens with one attached hydrogen (secondary N) is 1. The lowest BCUT2D eigenvalue weighted by Gasteiger charge is -2.06. The van der Waals surface area contributed by atoms with E-state index in [1.54, 1.807) is 12.1 Å². The van der Waals surface area contributed by atoms with Crippen molar-refractivity contribution in [3.63, 3.8) is 0 Å². The topological polar surface area (TPSA) is 79.9 Å². The molecule has 0 aliphatic carbocycles. The molecule has 0 fully saturated rings. The summed E-state index contributed by atoms with van der Waals surface area (Å²) < 4.78 is 5.50. The van der Waals surface area contributed by atoms with E-state index >= 15 is 0 Å². The van der Waals surface area contributed by atoms with E-state index < -0.39 is 0 Å². The normalized spacial score (nSPS) is 10.4. The monoisotopic (exact) mass is 303 g/mol. The molecule has 4 N–H and O–H groups in total. The van der Waals surface area contributed by atoms with Gasteiger partial charge in [-0.15, -0.1) is 0 Å².